The van der Waals surface area contributed by atoms with Crippen LogP contribution in [0.2, 0.25) is 0 Å². The van der Waals surface area contributed by atoms with E-state index < -0.39 is 73.0 Å². The Labute approximate surface area is 273 Å². The van der Waals surface area contributed by atoms with Crippen LogP contribution in [0.4, 0.5) is 0 Å². The molecule has 0 aromatic carbocycles. The van der Waals surface area contributed by atoms with E-state index in [2.05, 4.69) is 40.7 Å². The highest BCUT2D eigenvalue weighted by Crippen LogP contribution is 2.69. The van der Waals surface area contributed by atoms with Crippen molar-refractivity contribution >= 4 is 17.9 Å². The Bertz CT molecular complexity index is 1180. The molecule has 46 heavy (non-hydrogen) atoms. The molecule has 10 heteroatoms. The van der Waals surface area contributed by atoms with Crippen molar-refractivity contribution in [1.29, 1.82) is 0 Å². The van der Waals surface area contributed by atoms with E-state index in [1.807, 2.05) is 0 Å². The monoisotopic (exact) mass is 648 g/mol. The average Bonchev–Trinajstić information content (AvgIpc) is 3.38. The first-order chi connectivity index (χ1) is 21.8. The second-order valence-corrected chi connectivity index (χ2v) is 16.0. The lowest BCUT2D eigenvalue weighted by Crippen LogP contribution is -2.65. The van der Waals surface area contributed by atoms with Crippen molar-refractivity contribution in [1.82, 2.24) is 0 Å². The van der Waals surface area contributed by atoms with Crippen molar-refractivity contribution in [3.05, 3.63) is 11.6 Å². The van der Waals surface area contributed by atoms with E-state index in [-0.39, 0.29) is 17.8 Å². The number of esters is 3. The van der Waals surface area contributed by atoms with Gasteiger partial charge in [-0.25, -0.2) is 14.4 Å². The van der Waals surface area contributed by atoms with Crippen molar-refractivity contribution in [2.45, 2.75) is 123 Å². The van der Waals surface area contributed by atoms with Gasteiger partial charge in [0.1, 0.15) is 0 Å². The highest BCUT2D eigenvalue weighted by Gasteiger charge is 2.67. The molecule has 1 aliphatic heterocycles. The van der Waals surface area contributed by atoms with Gasteiger partial charge in [-0.15, -0.1) is 0 Å². The lowest BCUT2D eigenvalue weighted by molar-refractivity contribution is -0.217. The maximum atomic E-state index is 14.0. The summed E-state index contributed by atoms with van der Waals surface area (Å²) in [6, 6.07) is 0. The van der Waals surface area contributed by atoms with E-state index in [4.69, 9.17) is 14.2 Å². The lowest BCUT2D eigenvalue weighted by atomic mass is 9.43. The molecule has 0 spiro atoms. The molecule has 260 valence electrons. The molecule has 4 N–H and O–H groups in total. The van der Waals surface area contributed by atoms with Gasteiger partial charge in [-0.1, -0.05) is 65.5 Å². The van der Waals surface area contributed by atoms with E-state index >= 15 is 0 Å². The molecule has 0 aromatic rings. The van der Waals surface area contributed by atoms with Gasteiger partial charge in [0.05, 0.1) is 25.9 Å². The fraction of sp³-hybridized carbons (Fsp3) is 0.861. The Morgan fingerprint density at radius 2 is 1.61 bits per heavy atom. The number of allylic oxidation sites excluding steroid dienone is 1. The predicted molar refractivity (Wildman–Crippen MR) is 168 cm³/mol. The van der Waals surface area contributed by atoms with Crippen LogP contribution in [-0.4, -0.2) is 82.1 Å². The number of fused-ring (bicyclic) bond motifs is 5. The molecule has 4 unspecified atom stereocenters. The minimum absolute atomic E-state index is 0.0554. The summed E-state index contributed by atoms with van der Waals surface area (Å²) in [5, 5.41) is 41.9. The molecule has 0 radical (unpaired) electrons. The second-order valence-electron chi connectivity index (χ2n) is 16.0. The molecule has 4 fully saturated rings. The van der Waals surface area contributed by atoms with Crippen LogP contribution in [0.1, 0.15) is 98.8 Å². The number of cyclic esters (lactones) is 3. The summed E-state index contributed by atoms with van der Waals surface area (Å²) < 4.78 is 16.3. The summed E-state index contributed by atoms with van der Waals surface area (Å²) in [6.45, 7) is 8.76. The van der Waals surface area contributed by atoms with Crippen molar-refractivity contribution in [3.63, 3.8) is 0 Å². The Kier molecular flexibility index (Phi) is 10.3. The third-order valence-electron chi connectivity index (χ3n) is 13.2. The fourth-order valence-corrected chi connectivity index (χ4v) is 10.9. The quantitative estimate of drug-likeness (QED) is 0.165. The Morgan fingerprint density at radius 1 is 0.913 bits per heavy atom. The average molecular weight is 649 g/mol. The van der Waals surface area contributed by atoms with Gasteiger partial charge in [-0.3, -0.25) is 0 Å². The summed E-state index contributed by atoms with van der Waals surface area (Å²) in [4.78, 5) is 40.0. The van der Waals surface area contributed by atoms with Crippen LogP contribution in [0, 0.1) is 52.3 Å². The molecule has 0 bridgehead atoms. The van der Waals surface area contributed by atoms with Gasteiger partial charge in [-0.05, 0) is 91.3 Å². The zero-order valence-electron chi connectivity index (χ0n) is 28.3. The molecule has 5 aliphatic rings. The Morgan fingerprint density at radius 3 is 2.26 bits per heavy atom. The van der Waals surface area contributed by atoms with Gasteiger partial charge in [0.25, 0.3) is 0 Å². The first kappa shape index (κ1) is 35.3. The summed E-state index contributed by atoms with van der Waals surface area (Å²) in [7, 11) is 0. The molecule has 12 atom stereocenters. The molecule has 1 saturated heterocycles. The largest absolute Gasteiger partial charge is 0.445 e. The number of hydrogen-bond acceptors (Lipinski definition) is 10. The molecule has 0 aromatic heterocycles. The molecular weight excluding hydrogens is 592 g/mol. The molecule has 3 saturated carbocycles. The third kappa shape index (κ3) is 5.83. The summed E-state index contributed by atoms with van der Waals surface area (Å²) in [6.07, 6.45) is 7.17. The second kappa shape index (κ2) is 13.5. The van der Waals surface area contributed by atoms with Crippen LogP contribution in [0.25, 0.3) is 0 Å². The molecule has 0 amide bonds. The number of aliphatic hydroxyl groups excluding tert-OH is 4. The summed E-state index contributed by atoms with van der Waals surface area (Å²) >= 11 is 0. The Hall–Kier alpha value is -2.01. The normalized spacial score (nSPS) is 43.5. The number of aliphatic hydroxyl groups is 4. The predicted octanol–water partition coefficient (Wildman–Crippen LogP) is 3.71. The minimum Gasteiger partial charge on any atom is -0.445 e. The zero-order chi connectivity index (χ0) is 33.6. The first-order valence-corrected chi connectivity index (χ1v) is 17.6. The molecule has 4 aliphatic carbocycles. The van der Waals surface area contributed by atoms with Crippen LogP contribution in [-0.2, 0) is 28.6 Å². The number of carbonyl (C=O) groups excluding carboxylic acids is 3. The first-order valence-electron chi connectivity index (χ1n) is 17.6. The van der Waals surface area contributed by atoms with Gasteiger partial charge in [0.15, 0.2) is 0 Å². The number of hydrogen-bond donors (Lipinski definition) is 4. The molecule has 5 rings (SSSR count). The molecule has 1 heterocycles. The van der Waals surface area contributed by atoms with Crippen LogP contribution in [0.3, 0.4) is 0 Å². The van der Waals surface area contributed by atoms with Crippen LogP contribution in [0.15, 0.2) is 11.6 Å². The third-order valence-corrected chi connectivity index (χ3v) is 13.2. The maximum Gasteiger partial charge on any atom is 0.354 e. The maximum absolute atomic E-state index is 14.0. The van der Waals surface area contributed by atoms with Gasteiger partial charge >= 0.3 is 17.9 Å². The van der Waals surface area contributed by atoms with E-state index in [0.717, 1.165) is 31.3 Å². The summed E-state index contributed by atoms with van der Waals surface area (Å²) in [5.41, 5.74) is -1.86. The highest BCUT2D eigenvalue weighted by molar-refractivity contribution is 5.90. The van der Waals surface area contributed by atoms with Crippen molar-refractivity contribution in [2.24, 2.45) is 52.3 Å². The minimum atomic E-state index is -2.30. The van der Waals surface area contributed by atoms with Crippen molar-refractivity contribution in [2.75, 3.05) is 19.8 Å². The Balaban J connectivity index is 1.51. The standard InChI is InChI=1S/C36H56O10/c1-20(2)7-6-8-21(3)25-11-12-26-24-10-9-22-15-23(40)16-30(35(22,5)27(24)13-14-34(25,26)4)36(19-39)33(43)45-28(17-37)31(41)44-29(18-38)32(42)46-36/h9,20-21,23-30,37-40H,6-8,10-19H2,1-5H3/t21-,23-,24+,25-,26+,27+,28?,29?,30?,34-,35-,36?/m1/s1. The van der Waals surface area contributed by atoms with Gasteiger partial charge in [-0.2, -0.15) is 0 Å². The van der Waals surface area contributed by atoms with Gasteiger partial charge < -0.3 is 34.6 Å². The number of rotatable bonds is 9. The SMILES string of the molecule is CC(C)CCC[C@@H](C)[C@H]1CC[C@H]2[C@@H]3CC=C4C[C@@H](O)CC(C5(CO)OC(=O)C(CO)OC(=O)C(CO)OC5=O)[C@@]4(C)[C@H]3CC[C@]12C. The van der Waals surface area contributed by atoms with Crippen molar-refractivity contribution < 1.29 is 49.0 Å². The molecule has 10 nitrogen and oxygen atoms in total. The smallest absolute Gasteiger partial charge is 0.354 e. The number of ether oxygens (including phenoxy) is 3. The van der Waals surface area contributed by atoms with E-state index in [1.54, 1.807) is 0 Å². The highest BCUT2D eigenvalue weighted by atomic mass is 16.7. The van der Waals surface area contributed by atoms with Crippen LogP contribution >= 0.6 is 0 Å². The van der Waals surface area contributed by atoms with E-state index in [1.165, 1.54) is 25.7 Å². The van der Waals surface area contributed by atoms with Crippen LogP contribution < -0.4 is 0 Å². The zero-order valence-corrected chi connectivity index (χ0v) is 28.3. The topological polar surface area (TPSA) is 160 Å². The summed E-state index contributed by atoms with van der Waals surface area (Å²) in [5.74, 6) is -1.57. The van der Waals surface area contributed by atoms with E-state index in [0.29, 0.717) is 36.0 Å². The number of carbonyl (C=O) groups is 3. The van der Waals surface area contributed by atoms with E-state index in [9.17, 15) is 34.8 Å². The van der Waals surface area contributed by atoms with Crippen LogP contribution in [0.5, 0.6) is 0 Å². The molecular formula is C36H56O10. The lowest BCUT2D eigenvalue weighted by Gasteiger charge is -2.62. The fourth-order valence-electron chi connectivity index (χ4n) is 10.9. The van der Waals surface area contributed by atoms with Gasteiger partial charge in [0, 0.05) is 5.92 Å². The van der Waals surface area contributed by atoms with Crippen molar-refractivity contribution in [3.8, 4) is 0 Å². The van der Waals surface area contributed by atoms with Gasteiger partial charge in [0.2, 0.25) is 17.8 Å².